The van der Waals surface area contributed by atoms with Crippen molar-refractivity contribution in [2.45, 2.75) is 26.4 Å². The summed E-state index contributed by atoms with van der Waals surface area (Å²) < 4.78 is 1.18. The molecule has 1 aromatic carbocycles. The lowest BCUT2D eigenvalue weighted by atomic mass is 10.2. The van der Waals surface area contributed by atoms with Crippen LogP contribution in [0.3, 0.4) is 0 Å². The molecule has 1 amide bonds. The molecule has 1 heterocycles. The Morgan fingerprint density at radius 3 is 2.74 bits per heavy atom. The minimum atomic E-state index is -0.593. The molecule has 0 unspecified atom stereocenters. The van der Waals surface area contributed by atoms with Crippen LogP contribution in [-0.4, -0.2) is 26.9 Å². The minimum absolute atomic E-state index is 0.115. The molecule has 2 rings (SSSR count). The van der Waals surface area contributed by atoms with Crippen LogP contribution in [0.5, 0.6) is 0 Å². The van der Waals surface area contributed by atoms with Gasteiger partial charge in [-0.3, -0.25) is 19.1 Å². The number of rotatable bonds is 6. The van der Waals surface area contributed by atoms with Gasteiger partial charge in [-0.25, -0.2) is 4.79 Å². The van der Waals surface area contributed by atoms with Crippen molar-refractivity contribution in [3.8, 4) is 0 Å². The number of amides is 1. The summed E-state index contributed by atoms with van der Waals surface area (Å²) in [5.74, 6) is -0.194. The Labute approximate surface area is 138 Å². The Kier molecular flexibility index (Phi) is 5.76. The average Bonchev–Trinajstić information content (AvgIpc) is 2.49. The number of benzene rings is 1. The van der Waals surface area contributed by atoms with Gasteiger partial charge in [-0.1, -0.05) is 30.7 Å². The SMILES string of the molecule is CCCN(Cc1cccc(Cl)c1)C(=O)Cn1ccc(=O)[nH]c1=O. The normalized spacial score (nSPS) is 10.5. The maximum Gasteiger partial charge on any atom is 0.328 e. The van der Waals surface area contributed by atoms with Gasteiger partial charge < -0.3 is 4.90 Å². The highest BCUT2D eigenvalue weighted by Crippen LogP contribution is 2.13. The summed E-state index contributed by atoms with van der Waals surface area (Å²) in [5, 5.41) is 0.614. The highest BCUT2D eigenvalue weighted by Gasteiger charge is 2.14. The smallest absolute Gasteiger partial charge is 0.328 e. The van der Waals surface area contributed by atoms with E-state index in [0.29, 0.717) is 18.1 Å². The Hall–Kier alpha value is -2.34. The predicted molar refractivity (Wildman–Crippen MR) is 88.5 cm³/mol. The molecule has 0 aliphatic heterocycles. The first-order valence-corrected chi connectivity index (χ1v) is 7.69. The van der Waals surface area contributed by atoms with E-state index in [9.17, 15) is 14.4 Å². The summed E-state index contributed by atoms with van der Waals surface area (Å²) in [6, 6.07) is 8.53. The lowest BCUT2D eigenvalue weighted by Gasteiger charge is -2.22. The number of nitrogens with one attached hydrogen (secondary N) is 1. The maximum atomic E-state index is 12.5. The van der Waals surface area contributed by atoms with Crippen LogP contribution >= 0.6 is 11.6 Å². The van der Waals surface area contributed by atoms with E-state index in [4.69, 9.17) is 11.6 Å². The van der Waals surface area contributed by atoms with Crippen molar-refractivity contribution in [2.24, 2.45) is 0 Å². The van der Waals surface area contributed by atoms with Crippen LogP contribution in [0.1, 0.15) is 18.9 Å². The Morgan fingerprint density at radius 2 is 2.09 bits per heavy atom. The maximum absolute atomic E-state index is 12.5. The molecule has 6 nitrogen and oxygen atoms in total. The van der Waals surface area contributed by atoms with E-state index in [0.717, 1.165) is 12.0 Å². The fourth-order valence-corrected chi connectivity index (χ4v) is 2.44. The van der Waals surface area contributed by atoms with E-state index in [1.807, 2.05) is 25.1 Å². The molecule has 0 saturated carbocycles. The topological polar surface area (TPSA) is 75.2 Å². The molecule has 0 bridgehead atoms. The first-order valence-electron chi connectivity index (χ1n) is 7.31. The number of halogens is 1. The zero-order valence-electron chi connectivity index (χ0n) is 12.8. The van der Waals surface area contributed by atoms with Crippen molar-refractivity contribution in [2.75, 3.05) is 6.54 Å². The first kappa shape index (κ1) is 17.0. The molecule has 1 N–H and O–H groups in total. The standard InChI is InChI=1S/C16H18ClN3O3/c1-2-7-19(10-12-4-3-5-13(17)9-12)15(22)11-20-8-6-14(21)18-16(20)23/h3-6,8-9H,2,7,10-11H2,1H3,(H,18,21,23). The number of aromatic nitrogens is 2. The average molecular weight is 336 g/mol. The molecule has 0 spiro atoms. The molecule has 0 saturated heterocycles. The van der Waals surface area contributed by atoms with Gasteiger partial charge in [0.1, 0.15) is 6.54 Å². The quantitative estimate of drug-likeness (QED) is 0.871. The van der Waals surface area contributed by atoms with Gasteiger partial charge in [0, 0.05) is 30.4 Å². The van der Waals surface area contributed by atoms with Crippen molar-refractivity contribution in [3.63, 3.8) is 0 Å². The summed E-state index contributed by atoms with van der Waals surface area (Å²) >= 11 is 5.97. The number of hydrogen-bond acceptors (Lipinski definition) is 3. The van der Waals surface area contributed by atoms with Gasteiger partial charge >= 0.3 is 5.69 Å². The lowest BCUT2D eigenvalue weighted by molar-refractivity contribution is -0.132. The van der Waals surface area contributed by atoms with E-state index >= 15 is 0 Å². The predicted octanol–water partition coefficient (Wildman–Crippen LogP) is 1.63. The molecule has 122 valence electrons. The van der Waals surface area contributed by atoms with Crippen molar-refractivity contribution < 1.29 is 4.79 Å². The van der Waals surface area contributed by atoms with Crippen molar-refractivity contribution in [1.29, 1.82) is 0 Å². The van der Waals surface area contributed by atoms with Gasteiger partial charge in [0.2, 0.25) is 5.91 Å². The third kappa shape index (κ3) is 4.82. The van der Waals surface area contributed by atoms with Gasteiger partial charge in [-0.15, -0.1) is 0 Å². The summed E-state index contributed by atoms with van der Waals surface area (Å²) in [5.41, 5.74) is -0.152. The summed E-state index contributed by atoms with van der Waals surface area (Å²) in [7, 11) is 0. The molecule has 23 heavy (non-hydrogen) atoms. The van der Waals surface area contributed by atoms with Gasteiger partial charge in [-0.2, -0.15) is 0 Å². The van der Waals surface area contributed by atoms with Crippen LogP contribution in [0.4, 0.5) is 0 Å². The third-order valence-corrected chi connectivity index (χ3v) is 3.55. The molecule has 0 aliphatic rings. The van der Waals surface area contributed by atoms with Crippen molar-refractivity contribution >= 4 is 17.5 Å². The van der Waals surface area contributed by atoms with Crippen LogP contribution in [0, 0.1) is 0 Å². The molecular weight excluding hydrogens is 318 g/mol. The van der Waals surface area contributed by atoms with Gasteiger partial charge in [0.25, 0.3) is 5.56 Å². The van der Waals surface area contributed by atoms with E-state index < -0.39 is 11.2 Å². The summed E-state index contributed by atoms with van der Waals surface area (Å²) in [6.07, 6.45) is 2.12. The Balaban J connectivity index is 2.14. The number of H-pyrrole nitrogens is 1. The fourth-order valence-electron chi connectivity index (χ4n) is 2.23. The molecule has 7 heteroatoms. The molecular formula is C16H18ClN3O3. The van der Waals surface area contributed by atoms with Crippen LogP contribution in [0.15, 0.2) is 46.1 Å². The minimum Gasteiger partial charge on any atom is -0.337 e. The second-order valence-electron chi connectivity index (χ2n) is 5.18. The highest BCUT2D eigenvalue weighted by atomic mass is 35.5. The Bertz CT molecular complexity index is 797. The molecule has 1 aromatic heterocycles. The lowest BCUT2D eigenvalue weighted by Crippen LogP contribution is -2.38. The fraction of sp³-hybridized carbons (Fsp3) is 0.312. The molecule has 2 aromatic rings. The van der Waals surface area contributed by atoms with Crippen LogP contribution in [-0.2, 0) is 17.9 Å². The molecule has 0 aliphatic carbocycles. The van der Waals surface area contributed by atoms with Crippen molar-refractivity contribution in [3.05, 3.63) is 68.0 Å². The summed E-state index contributed by atoms with van der Waals surface area (Å²) in [6.45, 7) is 2.86. The second kappa shape index (κ2) is 7.78. The number of aromatic amines is 1. The highest BCUT2D eigenvalue weighted by molar-refractivity contribution is 6.30. The van der Waals surface area contributed by atoms with Gasteiger partial charge in [-0.05, 0) is 24.1 Å². The van der Waals surface area contributed by atoms with Crippen LogP contribution in [0.2, 0.25) is 5.02 Å². The number of nitrogens with zero attached hydrogens (tertiary/aromatic N) is 2. The van der Waals surface area contributed by atoms with E-state index in [1.165, 1.54) is 16.8 Å². The molecule has 0 radical (unpaired) electrons. The number of hydrogen-bond donors (Lipinski definition) is 1. The van der Waals surface area contributed by atoms with E-state index in [2.05, 4.69) is 4.98 Å². The number of carbonyl (C=O) groups is 1. The first-order chi connectivity index (χ1) is 11.0. The second-order valence-corrected chi connectivity index (χ2v) is 5.62. The van der Waals surface area contributed by atoms with Gasteiger partial charge in [0.15, 0.2) is 0 Å². The van der Waals surface area contributed by atoms with Crippen LogP contribution in [0.25, 0.3) is 0 Å². The molecule has 0 atom stereocenters. The Morgan fingerprint density at radius 1 is 1.30 bits per heavy atom. The number of carbonyl (C=O) groups excluding carboxylic acids is 1. The van der Waals surface area contributed by atoms with Crippen LogP contribution < -0.4 is 11.2 Å². The van der Waals surface area contributed by atoms with Gasteiger partial charge in [0.05, 0.1) is 0 Å². The monoisotopic (exact) mass is 335 g/mol. The van der Waals surface area contributed by atoms with Crippen molar-refractivity contribution in [1.82, 2.24) is 14.5 Å². The summed E-state index contributed by atoms with van der Waals surface area (Å²) in [4.78, 5) is 39.0. The zero-order chi connectivity index (χ0) is 16.8. The van der Waals surface area contributed by atoms with E-state index in [1.54, 1.807) is 11.0 Å². The zero-order valence-corrected chi connectivity index (χ0v) is 13.5. The van der Waals surface area contributed by atoms with E-state index in [-0.39, 0.29) is 12.5 Å². The third-order valence-electron chi connectivity index (χ3n) is 3.31. The largest absolute Gasteiger partial charge is 0.337 e. The molecule has 0 fully saturated rings.